The van der Waals surface area contributed by atoms with E-state index in [1.165, 1.54) is 0 Å². The van der Waals surface area contributed by atoms with Crippen LogP contribution in [-0.2, 0) is 9.53 Å². The highest BCUT2D eigenvalue weighted by atomic mass is 35.5. The lowest BCUT2D eigenvalue weighted by Gasteiger charge is -2.23. The highest BCUT2D eigenvalue weighted by Crippen LogP contribution is 2.29. The maximum Gasteiger partial charge on any atom is 0.247 e. The second-order valence-corrected chi connectivity index (χ2v) is 5.41. The first kappa shape index (κ1) is 14.1. The summed E-state index contributed by atoms with van der Waals surface area (Å²) in [5.41, 5.74) is 6.61. The van der Waals surface area contributed by atoms with Gasteiger partial charge in [-0.3, -0.25) is 4.79 Å². The fraction of sp³-hybridized carbons (Fsp3) is 0.462. The first-order chi connectivity index (χ1) is 8.92. The Kier molecular flexibility index (Phi) is 3.99. The molecular formula is C13H18ClN3O2. The van der Waals surface area contributed by atoms with E-state index < -0.39 is 5.54 Å². The minimum Gasteiger partial charge on any atom is -0.379 e. The number of hydrogen-bond donors (Lipinski definition) is 2. The molecular weight excluding hydrogens is 266 g/mol. The van der Waals surface area contributed by atoms with Crippen LogP contribution in [0.2, 0.25) is 5.02 Å². The number of hydrogen-bond acceptors (Lipinski definition) is 4. The van der Waals surface area contributed by atoms with Crippen molar-refractivity contribution in [1.29, 1.82) is 0 Å². The third kappa shape index (κ3) is 3.00. The first-order valence-electron chi connectivity index (χ1n) is 6.07. The number of nitrogens with one attached hydrogen (secondary N) is 1. The Balaban J connectivity index is 2.23. The Bertz CT molecular complexity index is 485. The smallest absolute Gasteiger partial charge is 0.247 e. The van der Waals surface area contributed by atoms with Crippen molar-refractivity contribution >= 4 is 28.9 Å². The van der Waals surface area contributed by atoms with Gasteiger partial charge in [-0.25, -0.2) is 0 Å². The van der Waals surface area contributed by atoms with Gasteiger partial charge in [-0.05, 0) is 24.6 Å². The van der Waals surface area contributed by atoms with E-state index in [2.05, 4.69) is 5.32 Å². The summed E-state index contributed by atoms with van der Waals surface area (Å²) in [6.45, 7) is 0.761. The number of halogens is 1. The van der Waals surface area contributed by atoms with Gasteiger partial charge < -0.3 is 20.7 Å². The summed E-state index contributed by atoms with van der Waals surface area (Å²) in [4.78, 5) is 14.1. The number of rotatable bonds is 3. The molecule has 1 saturated heterocycles. The van der Waals surface area contributed by atoms with Gasteiger partial charge in [0.15, 0.2) is 0 Å². The lowest BCUT2D eigenvalue weighted by atomic mass is 9.99. The van der Waals surface area contributed by atoms with E-state index in [-0.39, 0.29) is 12.5 Å². The van der Waals surface area contributed by atoms with Crippen molar-refractivity contribution in [3.63, 3.8) is 0 Å². The Labute approximate surface area is 117 Å². The average Bonchev–Trinajstić information content (AvgIpc) is 2.77. The number of carbonyl (C=O) groups is 1. The molecule has 104 valence electrons. The van der Waals surface area contributed by atoms with Gasteiger partial charge in [0.2, 0.25) is 5.91 Å². The minimum atomic E-state index is -0.952. The molecule has 3 N–H and O–H groups in total. The molecule has 1 fully saturated rings. The summed E-state index contributed by atoms with van der Waals surface area (Å²) in [7, 11) is 3.80. The summed E-state index contributed by atoms with van der Waals surface area (Å²) in [6, 6.07) is 5.35. The molecule has 1 unspecified atom stereocenters. The van der Waals surface area contributed by atoms with Gasteiger partial charge in [0.1, 0.15) is 5.54 Å². The molecule has 5 nitrogen and oxygen atoms in total. The van der Waals surface area contributed by atoms with Crippen molar-refractivity contribution in [1.82, 2.24) is 0 Å². The van der Waals surface area contributed by atoms with Crippen LogP contribution in [0.1, 0.15) is 6.42 Å². The monoisotopic (exact) mass is 283 g/mol. The van der Waals surface area contributed by atoms with Gasteiger partial charge in [-0.1, -0.05) is 11.6 Å². The number of benzene rings is 1. The predicted molar refractivity (Wildman–Crippen MR) is 76.8 cm³/mol. The number of carbonyl (C=O) groups excluding carboxylic acids is 1. The maximum absolute atomic E-state index is 12.2. The molecule has 0 spiro atoms. The van der Waals surface area contributed by atoms with Crippen LogP contribution in [0.15, 0.2) is 18.2 Å². The molecule has 2 rings (SSSR count). The molecule has 1 aliphatic rings. The Morgan fingerprint density at radius 2 is 2.26 bits per heavy atom. The van der Waals surface area contributed by atoms with Crippen molar-refractivity contribution in [2.24, 2.45) is 5.73 Å². The molecule has 0 bridgehead atoms. The number of ether oxygens (including phenoxy) is 1. The quantitative estimate of drug-likeness (QED) is 0.881. The topological polar surface area (TPSA) is 67.6 Å². The van der Waals surface area contributed by atoms with E-state index in [0.717, 1.165) is 5.69 Å². The summed E-state index contributed by atoms with van der Waals surface area (Å²) in [6.07, 6.45) is 0.525. The molecule has 1 amide bonds. The van der Waals surface area contributed by atoms with Gasteiger partial charge in [0.05, 0.1) is 18.0 Å². The van der Waals surface area contributed by atoms with Crippen molar-refractivity contribution in [2.45, 2.75) is 12.0 Å². The third-order valence-electron chi connectivity index (χ3n) is 3.19. The predicted octanol–water partition coefficient (Wildman–Crippen LogP) is 1.46. The molecule has 0 saturated carbocycles. The highest BCUT2D eigenvalue weighted by molar-refractivity contribution is 6.31. The van der Waals surface area contributed by atoms with E-state index in [1.54, 1.807) is 12.1 Å². The van der Waals surface area contributed by atoms with Crippen LogP contribution in [0, 0.1) is 0 Å². The molecule has 19 heavy (non-hydrogen) atoms. The minimum absolute atomic E-state index is 0.240. The number of nitrogens with zero attached hydrogens (tertiary/aromatic N) is 1. The fourth-order valence-electron chi connectivity index (χ4n) is 2.00. The van der Waals surface area contributed by atoms with E-state index >= 15 is 0 Å². The van der Waals surface area contributed by atoms with Gasteiger partial charge in [-0.15, -0.1) is 0 Å². The molecule has 1 heterocycles. The third-order valence-corrected chi connectivity index (χ3v) is 3.43. The summed E-state index contributed by atoms with van der Waals surface area (Å²) < 4.78 is 5.20. The highest BCUT2D eigenvalue weighted by Gasteiger charge is 2.38. The van der Waals surface area contributed by atoms with Crippen molar-refractivity contribution in [2.75, 3.05) is 37.5 Å². The average molecular weight is 284 g/mol. The summed E-state index contributed by atoms with van der Waals surface area (Å²) in [5.74, 6) is -0.240. The second kappa shape index (κ2) is 5.36. The van der Waals surface area contributed by atoms with Crippen LogP contribution in [0.5, 0.6) is 0 Å². The van der Waals surface area contributed by atoms with Crippen LogP contribution in [0.25, 0.3) is 0 Å². The first-order valence-corrected chi connectivity index (χ1v) is 6.45. The Morgan fingerprint density at radius 1 is 1.53 bits per heavy atom. The van der Waals surface area contributed by atoms with Crippen molar-refractivity contribution in [3.8, 4) is 0 Å². The van der Waals surface area contributed by atoms with Gasteiger partial charge in [0, 0.05) is 25.7 Å². The van der Waals surface area contributed by atoms with Gasteiger partial charge in [0.25, 0.3) is 0 Å². The molecule has 6 heteroatoms. The SMILES string of the molecule is CN(C)c1ccc(Cl)cc1NC(=O)C1(N)CCOC1. The summed E-state index contributed by atoms with van der Waals surface area (Å²) >= 11 is 5.97. The largest absolute Gasteiger partial charge is 0.379 e. The lowest BCUT2D eigenvalue weighted by Crippen LogP contribution is -2.51. The second-order valence-electron chi connectivity index (χ2n) is 4.97. The van der Waals surface area contributed by atoms with Crippen LogP contribution in [0.3, 0.4) is 0 Å². The molecule has 0 radical (unpaired) electrons. The van der Waals surface area contributed by atoms with Crippen molar-refractivity contribution < 1.29 is 9.53 Å². The van der Waals surface area contributed by atoms with Crippen LogP contribution < -0.4 is 16.0 Å². The summed E-state index contributed by atoms with van der Waals surface area (Å²) in [5, 5.41) is 3.41. The number of amides is 1. The Morgan fingerprint density at radius 3 is 2.84 bits per heavy atom. The zero-order valence-electron chi connectivity index (χ0n) is 11.1. The van der Waals surface area contributed by atoms with E-state index in [1.807, 2.05) is 25.1 Å². The lowest BCUT2D eigenvalue weighted by molar-refractivity contribution is -0.121. The number of nitrogens with two attached hydrogens (primary N) is 1. The van der Waals surface area contributed by atoms with Crippen LogP contribution >= 0.6 is 11.6 Å². The zero-order chi connectivity index (χ0) is 14.0. The maximum atomic E-state index is 12.2. The van der Waals surface area contributed by atoms with Gasteiger partial charge >= 0.3 is 0 Å². The Hall–Kier alpha value is -1.30. The molecule has 1 aromatic rings. The van der Waals surface area contributed by atoms with E-state index in [9.17, 15) is 4.79 Å². The molecule has 0 aliphatic carbocycles. The normalized spacial score (nSPS) is 22.3. The standard InChI is InChI=1S/C13H18ClN3O2/c1-17(2)11-4-3-9(14)7-10(11)16-12(18)13(15)5-6-19-8-13/h3-4,7H,5-6,8,15H2,1-2H3,(H,16,18). The van der Waals surface area contributed by atoms with E-state index in [0.29, 0.717) is 23.7 Å². The zero-order valence-corrected chi connectivity index (χ0v) is 11.8. The fourth-order valence-corrected chi connectivity index (χ4v) is 2.18. The molecule has 1 aliphatic heterocycles. The number of anilines is 2. The van der Waals surface area contributed by atoms with E-state index in [4.69, 9.17) is 22.1 Å². The van der Waals surface area contributed by atoms with Crippen LogP contribution in [-0.4, -0.2) is 38.8 Å². The van der Waals surface area contributed by atoms with Crippen molar-refractivity contribution in [3.05, 3.63) is 23.2 Å². The van der Waals surface area contributed by atoms with Crippen LogP contribution in [0.4, 0.5) is 11.4 Å². The molecule has 1 aromatic carbocycles. The molecule has 1 atom stereocenters. The van der Waals surface area contributed by atoms with Gasteiger partial charge in [-0.2, -0.15) is 0 Å². The molecule has 0 aromatic heterocycles.